The Morgan fingerprint density at radius 3 is 2.50 bits per heavy atom. The summed E-state index contributed by atoms with van der Waals surface area (Å²) in [4.78, 5) is 14.3. The van der Waals surface area contributed by atoms with E-state index in [1.165, 1.54) is 5.56 Å². The van der Waals surface area contributed by atoms with Gasteiger partial charge in [-0.3, -0.25) is 0 Å². The van der Waals surface area contributed by atoms with E-state index < -0.39 is 5.97 Å². The van der Waals surface area contributed by atoms with Crippen LogP contribution in [0.1, 0.15) is 35.8 Å². The predicted octanol–water partition coefficient (Wildman–Crippen LogP) is 3.29. The van der Waals surface area contributed by atoms with Crippen LogP contribution < -0.4 is 4.74 Å². The molecule has 5 nitrogen and oxygen atoms in total. The Labute approximate surface area is 104 Å². The van der Waals surface area contributed by atoms with Crippen LogP contribution in [-0.4, -0.2) is 16.1 Å². The molecule has 94 valence electrons. The summed E-state index contributed by atoms with van der Waals surface area (Å²) in [5.41, 5.74) is 1.02. The van der Waals surface area contributed by atoms with Crippen molar-refractivity contribution in [3.05, 3.63) is 41.8 Å². The van der Waals surface area contributed by atoms with Gasteiger partial charge < -0.3 is 14.3 Å². The molecule has 1 N–H and O–H groups in total. The van der Waals surface area contributed by atoms with Crippen molar-refractivity contribution in [2.45, 2.75) is 19.8 Å². The van der Waals surface area contributed by atoms with Gasteiger partial charge in [0.25, 0.3) is 0 Å². The third kappa shape index (κ3) is 2.68. The quantitative estimate of drug-likeness (QED) is 0.897. The summed E-state index contributed by atoms with van der Waals surface area (Å²) in [6.45, 7) is 4.20. The van der Waals surface area contributed by atoms with Crippen LogP contribution in [0, 0.1) is 0 Å². The number of hydrogen-bond donors (Lipinski definition) is 1. The predicted molar refractivity (Wildman–Crippen MR) is 64.1 cm³/mol. The molecule has 2 rings (SSSR count). The highest BCUT2D eigenvalue weighted by atomic mass is 16.6. The Hall–Kier alpha value is -2.30. The third-order valence-corrected chi connectivity index (χ3v) is 2.45. The van der Waals surface area contributed by atoms with Gasteiger partial charge in [-0.25, -0.2) is 4.79 Å². The van der Waals surface area contributed by atoms with Crippen molar-refractivity contribution >= 4 is 5.97 Å². The lowest BCUT2D eigenvalue weighted by Gasteiger charge is -2.05. The zero-order valence-corrected chi connectivity index (χ0v) is 10.1. The van der Waals surface area contributed by atoms with Crippen LogP contribution in [0.3, 0.4) is 0 Å². The molecule has 0 amide bonds. The molecule has 0 bridgehead atoms. The van der Waals surface area contributed by atoms with Gasteiger partial charge in [0, 0.05) is 0 Å². The monoisotopic (exact) mass is 247 g/mol. The van der Waals surface area contributed by atoms with Gasteiger partial charge in [-0.2, -0.15) is 4.98 Å². The number of oxazole rings is 1. The first-order valence-electron chi connectivity index (χ1n) is 5.53. The van der Waals surface area contributed by atoms with Gasteiger partial charge in [0.05, 0.1) is 0 Å². The second-order valence-electron chi connectivity index (χ2n) is 4.13. The first kappa shape index (κ1) is 12.2. The zero-order valence-electron chi connectivity index (χ0n) is 10.1. The lowest BCUT2D eigenvalue weighted by molar-refractivity contribution is 0.0690. The van der Waals surface area contributed by atoms with Gasteiger partial charge in [0.15, 0.2) is 5.69 Å². The molecular weight excluding hydrogens is 234 g/mol. The Bertz CT molecular complexity index is 542. The Balaban J connectivity index is 2.10. The van der Waals surface area contributed by atoms with Crippen LogP contribution in [0.4, 0.5) is 0 Å². The highest BCUT2D eigenvalue weighted by Gasteiger charge is 2.11. The second kappa shape index (κ2) is 4.91. The highest BCUT2D eigenvalue weighted by Crippen LogP contribution is 2.23. The number of aromatic nitrogens is 1. The van der Waals surface area contributed by atoms with E-state index in [0.29, 0.717) is 11.7 Å². The molecule has 0 unspecified atom stereocenters. The number of carboxylic acids is 1. The maximum Gasteiger partial charge on any atom is 0.399 e. The highest BCUT2D eigenvalue weighted by molar-refractivity contribution is 5.84. The van der Waals surface area contributed by atoms with E-state index in [2.05, 4.69) is 18.8 Å². The maximum absolute atomic E-state index is 10.6. The number of rotatable bonds is 4. The SMILES string of the molecule is CC(C)c1ccc(Oc2nc(C(=O)O)co2)cc1. The molecule has 0 aliphatic heterocycles. The average molecular weight is 247 g/mol. The van der Waals surface area contributed by atoms with Crippen molar-refractivity contribution in [2.24, 2.45) is 0 Å². The van der Waals surface area contributed by atoms with E-state index >= 15 is 0 Å². The van der Waals surface area contributed by atoms with Crippen LogP contribution in [-0.2, 0) is 0 Å². The molecule has 18 heavy (non-hydrogen) atoms. The summed E-state index contributed by atoms with van der Waals surface area (Å²) in [6.07, 6.45) is 0.963. The van der Waals surface area contributed by atoms with Crippen LogP contribution in [0.5, 0.6) is 11.8 Å². The fourth-order valence-corrected chi connectivity index (χ4v) is 1.42. The maximum atomic E-state index is 10.6. The number of benzene rings is 1. The van der Waals surface area contributed by atoms with Gasteiger partial charge >= 0.3 is 12.0 Å². The fraction of sp³-hybridized carbons (Fsp3) is 0.231. The summed E-state index contributed by atoms with van der Waals surface area (Å²) in [7, 11) is 0. The Kier molecular flexibility index (Phi) is 3.32. The molecule has 0 spiro atoms. The number of nitrogens with zero attached hydrogens (tertiary/aromatic N) is 1. The molecule has 0 atom stereocenters. The van der Waals surface area contributed by atoms with Crippen molar-refractivity contribution in [2.75, 3.05) is 0 Å². The molecule has 0 aliphatic rings. The van der Waals surface area contributed by atoms with Crippen molar-refractivity contribution in [3.63, 3.8) is 0 Å². The molecule has 1 aromatic carbocycles. The van der Waals surface area contributed by atoms with Gasteiger partial charge in [-0.15, -0.1) is 0 Å². The zero-order chi connectivity index (χ0) is 13.1. The molecule has 0 aliphatic carbocycles. The van der Waals surface area contributed by atoms with Crippen LogP contribution in [0.25, 0.3) is 0 Å². The summed E-state index contributed by atoms with van der Waals surface area (Å²) >= 11 is 0. The molecule has 5 heteroatoms. The molecule has 0 radical (unpaired) electrons. The smallest absolute Gasteiger partial charge is 0.399 e. The molecule has 1 heterocycles. The lowest BCUT2D eigenvalue weighted by atomic mass is 10.0. The first-order valence-corrected chi connectivity index (χ1v) is 5.53. The summed E-state index contributed by atoms with van der Waals surface area (Å²) < 4.78 is 10.2. The van der Waals surface area contributed by atoms with Crippen LogP contribution in [0.15, 0.2) is 34.9 Å². The lowest BCUT2D eigenvalue weighted by Crippen LogP contribution is -1.95. The molecule has 0 saturated carbocycles. The van der Waals surface area contributed by atoms with Crippen molar-refractivity contribution in [1.82, 2.24) is 4.98 Å². The fourth-order valence-electron chi connectivity index (χ4n) is 1.42. The average Bonchev–Trinajstić information content (AvgIpc) is 2.78. The number of aromatic carboxylic acids is 1. The molecule has 1 aromatic heterocycles. The van der Waals surface area contributed by atoms with E-state index in [4.69, 9.17) is 14.3 Å². The summed E-state index contributed by atoms with van der Waals surface area (Å²) in [6, 6.07) is 7.47. The summed E-state index contributed by atoms with van der Waals surface area (Å²) in [5.74, 6) is -0.152. The van der Waals surface area contributed by atoms with Crippen LogP contribution in [0.2, 0.25) is 0 Å². The third-order valence-electron chi connectivity index (χ3n) is 2.45. The second-order valence-corrected chi connectivity index (χ2v) is 4.13. The van der Waals surface area contributed by atoms with E-state index in [1.54, 1.807) is 12.1 Å². The molecule has 2 aromatic rings. The number of carbonyl (C=O) groups is 1. The Morgan fingerprint density at radius 2 is 2.00 bits per heavy atom. The largest absolute Gasteiger partial charge is 0.476 e. The molecular formula is C13H13NO4. The number of carboxylic acid groups (broad SMARTS) is 1. The topological polar surface area (TPSA) is 72.6 Å². The van der Waals surface area contributed by atoms with Gasteiger partial charge in [-0.1, -0.05) is 26.0 Å². The van der Waals surface area contributed by atoms with E-state index in [9.17, 15) is 4.79 Å². The van der Waals surface area contributed by atoms with Gasteiger partial charge in [-0.05, 0) is 23.6 Å². The summed E-state index contributed by atoms with van der Waals surface area (Å²) in [5, 5.41) is 8.68. The Morgan fingerprint density at radius 1 is 1.33 bits per heavy atom. The van der Waals surface area contributed by atoms with E-state index in [1.807, 2.05) is 12.1 Å². The number of hydrogen-bond acceptors (Lipinski definition) is 4. The molecule has 0 fully saturated rings. The minimum absolute atomic E-state index is 0.0790. The van der Waals surface area contributed by atoms with Crippen molar-refractivity contribution in [1.29, 1.82) is 0 Å². The van der Waals surface area contributed by atoms with E-state index in [-0.39, 0.29) is 11.8 Å². The minimum atomic E-state index is -1.15. The molecule has 0 saturated heterocycles. The van der Waals surface area contributed by atoms with Crippen LogP contribution >= 0.6 is 0 Å². The van der Waals surface area contributed by atoms with Gasteiger partial charge in [0.2, 0.25) is 0 Å². The normalized spacial score (nSPS) is 10.6. The van der Waals surface area contributed by atoms with E-state index in [0.717, 1.165) is 6.26 Å². The first-order chi connectivity index (χ1) is 8.56. The van der Waals surface area contributed by atoms with Crippen molar-refractivity contribution in [3.8, 4) is 11.8 Å². The number of ether oxygens (including phenoxy) is 1. The standard InChI is InChI=1S/C13H13NO4/c1-8(2)9-3-5-10(6-4-9)18-13-14-11(7-17-13)12(15)16/h3-8H,1-2H3,(H,15,16). The van der Waals surface area contributed by atoms with Gasteiger partial charge in [0.1, 0.15) is 12.0 Å². The minimum Gasteiger partial charge on any atom is -0.476 e. The van der Waals surface area contributed by atoms with Crippen molar-refractivity contribution < 1.29 is 19.1 Å².